The third kappa shape index (κ3) is 1.01. The Bertz CT molecular complexity index is 532. The van der Waals surface area contributed by atoms with Gasteiger partial charge in [-0.25, -0.2) is 0 Å². The van der Waals surface area contributed by atoms with Crippen LogP contribution in [0.4, 0.5) is 0 Å². The molecular formula is C12H10N2. The summed E-state index contributed by atoms with van der Waals surface area (Å²) in [6.07, 6.45) is 13.3. The predicted octanol–water partition coefficient (Wildman–Crippen LogP) is 2.92. The molecule has 0 bridgehead atoms. The maximum absolute atomic E-state index is 4.12. The van der Waals surface area contributed by atoms with Gasteiger partial charge >= 0.3 is 0 Å². The van der Waals surface area contributed by atoms with E-state index in [0.29, 0.717) is 0 Å². The molecule has 2 heteroatoms. The highest BCUT2D eigenvalue weighted by molar-refractivity contribution is 5.85. The zero-order chi connectivity index (χ0) is 9.38. The molecule has 0 saturated heterocycles. The van der Waals surface area contributed by atoms with Crippen molar-refractivity contribution in [2.45, 2.75) is 6.42 Å². The Hall–Kier alpha value is -1.83. The van der Waals surface area contributed by atoms with Crippen molar-refractivity contribution in [2.75, 3.05) is 0 Å². The highest BCUT2D eigenvalue weighted by atomic mass is 15.0. The summed E-state index contributed by atoms with van der Waals surface area (Å²) < 4.78 is 2.19. The third-order valence-corrected chi connectivity index (χ3v) is 2.48. The van der Waals surface area contributed by atoms with Gasteiger partial charge in [0, 0.05) is 29.7 Å². The zero-order valence-electron chi connectivity index (χ0n) is 7.72. The maximum atomic E-state index is 4.12. The van der Waals surface area contributed by atoms with Crippen LogP contribution in [0.2, 0.25) is 0 Å². The molecule has 0 aromatic carbocycles. The Morgan fingerprint density at radius 3 is 3.29 bits per heavy atom. The number of aromatic nitrogens is 2. The molecule has 0 saturated carbocycles. The first kappa shape index (κ1) is 7.56. The van der Waals surface area contributed by atoms with Crippen molar-refractivity contribution in [3.8, 4) is 0 Å². The Morgan fingerprint density at radius 1 is 1.29 bits per heavy atom. The van der Waals surface area contributed by atoms with Gasteiger partial charge in [0.25, 0.3) is 0 Å². The number of pyridine rings is 1. The second kappa shape index (κ2) is 2.84. The van der Waals surface area contributed by atoms with Crippen LogP contribution in [0, 0.1) is 0 Å². The third-order valence-electron chi connectivity index (χ3n) is 2.48. The summed E-state index contributed by atoms with van der Waals surface area (Å²) in [5, 5.41) is 1.19. The maximum Gasteiger partial charge on any atom is 0.0559 e. The van der Waals surface area contributed by atoms with Crippen LogP contribution < -0.4 is 0 Å². The van der Waals surface area contributed by atoms with E-state index in [9.17, 15) is 0 Å². The van der Waals surface area contributed by atoms with Crippen molar-refractivity contribution in [1.82, 2.24) is 9.55 Å². The number of fused-ring (bicyclic) bond motifs is 3. The molecule has 2 nitrogen and oxygen atoms in total. The van der Waals surface area contributed by atoms with Crippen molar-refractivity contribution in [2.24, 2.45) is 0 Å². The molecule has 2 aromatic rings. The first-order valence-corrected chi connectivity index (χ1v) is 4.73. The van der Waals surface area contributed by atoms with Gasteiger partial charge in [-0.1, -0.05) is 12.2 Å². The van der Waals surface area contributed by atoms with Gasteiger partial charge in [-0.2, -0.15) is 0 Å². The van der Waals surface area contributed by atoms with Crippen molar-refractivity contribution in [3.05, 3.63) is 42.4 Å². The molecule has 0 radical (unpaired) electrons. The summed E-state index contributed by atoms with van der Waals surface area (Å²) in [6.45, 7) is 0. The van der Waals surface area contributed by atoms with Crippen LogP contribution in [0.1, 0.15) is 12.1 Å². The Balaban J connectivity index is 2.41. The van der Waals surface area contributed by atoms with E-state index < -0.39 is 0 Å². The van der Waals surface area contributed by atoms with Crippen molar-refractivity contribution in [1.29, 1.82) is 0 Å². The summed E-state index contributed by atoms with van der Waals surface area (Å²) >= 11 is 0. The molecule has 0 unspecified atom stereocenters. The summed E-state index contributed by atoms with van der Waals surface area (Å²) in [5.41, 5.74) is 2.44. The fraction of sp³-hybridized carbons (Fsp3) is 0.0833. The standard InChI is InChI=1S/C12H10N2/c1-2-4-11-8-10-9-13-6-5-12(10)14(11)7-3-1/h2-9H,1H2. The van der Waals surface area contributed by atoms with Gasteiger partial charge in [-0.3, -0.25) is 4.98 Å². The average Bonchev–Trinajstić information content (AvgIpc) is 2.42. The minimum absolute atomic E-state index is 1.01. The molecular weight excluding hydrogens is 172 g/mol. The largest absolute Gasteiger partial charge is 0.317 e. The number of rotatable bonds is 0. The predicted molar refractivity (Wildman–Crippen MR) is 58.7 cm³/mol. The van der Waals surface area contributed by atoms with E-state index in [0.717, 1.165) is 6.42 Å². The lowest BCUT2D eigenvalue weighted by atomic mass is 10.3. The molecule has 2 aromatic heterocycles. The lowest BCUT2D eigenvalue weighted by Gasteiger charge is -1.98. The molecule has 0 amide bonds. The van der Waals surface area contributed by atoms with Crippen molar-refractivity contribution in [3.63, 3.8) is 0 Å². The Kier molecular flexibility index (Phi) is 1.53. The minimum atomic E-state index is 1.01. The van der Waals surface area contributed by atoms with Crippen LogP contribution >= 0.6 is 0 Å². The minimum Gasteiger partial charge on any atom is -0.317 e. The van der Waals surface area contributed by atoms with Crippen LogP contribution in [0.15, 0.2) is 36.7 Å². The van der Waals surface area contributed by atoms with E-state index in [2.05, 4.69) is 40.0 Å². The second-order valence-electron chi connectivity index (χ2n) is 3.40. The van der Waals surface area contributed by atoms with Gasteiger partial charge in [0.2, 0.25) is 0 Å². The number of allylic oxidation sites excluding steroid dienone is 2. The van der Waals surface area contributed by atoms with Gasteiger partial charge in [0.05, 0.1) is 5.52 Å². The lowest BCUT2D eigenvalue weighted by molar-refractivity contribution is 1.20. The normalized spacial score (nSPS) is 14.3. The van der Waals surface area contributed by atoms with Gasteiger partial charge < -0.3 is 4.57 Å². The molecule has 0 spiro atoms. The van der Waals surface area contributed by atoms with Crippen molar-refractivity contribution < 1.29 is 0 Å². The Morgan fingerprint density at radius 2 is 2.29 bits per heavy atom. The monoisotopic (exact) mass is 182 g/mol. The fourth-order valence-electron chi connectivity index (χ4n) is 1.83. The summed E-state index contributed by atoms with van der Waals surface area (Å²) in [6, 6.07) is 4.21. The summed E-state index contributed by atoms with van der Waals surface area (Å²) in [5.74, 6) is 0. The zero-order valence-corrected chi connectivity index (χ0v) is 7.72. The van der Waals surface area contributed by atoms with E-state index in [-0.39, 0.29) is 0 Å². The van der Waals surface area contributed by atoms with Crippen LogP contribution in [0.25, 0.3) is 23.2 Å². The molecule has 0 aliphatic carbocycles. The lowest BCUT2D eigenvalue weighted by Crippen LogP contribution is -1.86. The number of nitrogens with zero attached hydrogens (tertiary/aromatic N) is 2. The molecule has 0 fully saturated rings. The number of hydrogen-bond donors (Lipinski definition) is 0. The smallest absolute Gasteiger partial charge is 0.0559 e. The first-order valence-electron chi connectivity index (χ1n) is 4.73. The molecule has 0 N–H and O–H groups in total. The molecule has 1 aliphatic rings. The molecule has 68 valence electrons. The first-order chi connectivity index (χ1) is 6.95. The van der Waals surface area contributed by atoms with E-state index in [1.54, 1.807) is 0 Å². The fourth-order valence-corrected chi connectivity index (χ4v) is 1.83. The quantitative estimate of drug-likeness (QED) is 0.612. The van der Waals surface area contributed by atoms with E-state index in [1.807, 2.05) is 18.5 Å². The molecule has 1 aliphatic heterocycles. The molecule has 3 heterocycles. The highest BCUT2D eigenvalue weighted by Gasteiger charge is 2.04. The second-order valence-corrected chi connectivity index (χ2v) is 3.40. The van der Waals surface area contributed by atoms with Gasteiger partial charge in [0.1, 0.15) is 0 Å². The SMILES string of the molecule is C1=Cc2cc3cnccc3n2C=CC1. The van der Waals surface area contributed by atoms with Gasteiger partial charge in [-0.05, 0) is 24.6 Å². The summed E-state index contributed by atoms with van der Waals surface area (Å²) in [7, 11) is 0. The molecule has 14 heavy (non-hydrogen) atoms. The Labute approximate surface area is 82.2 Å². The number of hydrogen-bond acceptors (Lipinski definition) is 1. The summed E-state index contributed by atoms with van der Waals surface area (Å²) in [4.78, 5) is 4.12. The molecule has 3 rings (SSSR count). The van der Waals surface area contributed by atoms with E-state index in [1.165, 1.54) is 16.6 Å². The molecule has 0 atom stereocenters. The van der Waals surface area contributed by atoms with Crippen LogP contribution in [-0.2, 0) is 0 Å². The van der Waals surface area contributed by atoms with E-state index in [4.69, 9.17) is 0 Å². The van der Waals surface area contributed by atoms with Crippen LogP contribution in [0.3, 0.4) is 0 Å². The van der Waals surface area contributed by atoms with Crippen LogP contribution in [-0.4, -0.2) is 9.55 Å². The van der Waals surface area contributed by atoms with Gasteiger partial charge in [-0.15, -0.1) is 0 Å². The average molecular weight is 182 g/mol. The van der Waals surface area contributed by atoms with E-state index >= 15 is 0 Å². The topological polar surface area (TPSA) is 17.8 Å². The van der Waals surface area contributed by atoms with Crippen LogP contribution in [0.5, 0.6) is 0 Å². The highest BCUT2D eigenvalue weighted by Crippen LogP contribution is 2.21. The van der Waals surface area contributed by atoms with Crippen molar-refractivity contribution >= 4 is 23.2 Å². The van der Waals surface area contributed by atoms with Gasteiger partial charge in [0.15, 0.2) is 0 Å².